The van der Waals surface area contributed by atoms with Gasteiger partial charge in [-0.25, -0.2) is 0 Å². The number of benzene rings is 1. The first-order valence-electron chi connectivity index (χ1n) is 5.85. The molecule has 0 unspecified atom stereocenters. The molecule has 1 nitrogen and oxygen atoms in total. The van der Waals surface area contributed by atoms with Gasteiger partial charge in [0.1, 0.15) is 0 Å². The summed E-state index contributed by atoms with van der Waals surface area (Å²) in [7, 11) is 0. The van der Waals surface area contributed by atoms with E-state index in [0.717, 1.165) is 19.6 Å². The molecular weight excluding hydrogens is 184 g/mol. The average molecular weight is 208 g/mol. The highest BCUT2D eigenvalue weighted by molar-refractivity contribution is 5.17. The van der Waals surface area contributed by atoms with Crippen molar-refractivity contribution in [3.05, 3.63) is 35.9 Å². The van der Waals surface area contributed by atoms with Crippen LogP contribution in [0.2, 0.25) is 0 Å². The Morgan fingerprint density at radius 2 is 1.67 bits per heavy atom. The summed E-state index contributed by atoms with van der Waals surface area (Å²) in [5.74, 6) is 0.659. The minimum Gasteiger partial charge on any atom is -0.382 e. The van der Waals surface area contributed by atoms with Gasteiger partial charge >= 0.3 is 0 Å². The molecule has 1 heteroatoms. The summed E-state index contributed by atoms with van der Waals surface area (Å²) in [6, 6.07) is 10.5. The molecule has 0 amide bonds. The van der Waals surface area contributed by atoms with Crippen molar-refractivity contribution in [2.45, 2.75) is 40.0 Å². The van der Waals surface area contributed by atoms with E-state index in [9.17, 15) is 0 Å². The molecule has 0 radical (unpaired) electrons. The Labute approximate surface area is 94.5 Å². The monoisotopic (exact) mass is 208 g/mol. The van der Waals surface area contributed by atoms with Gasteiger partial charge in [0.05, 0.1) is 0 Å². The second-order valence-corrected chi connectivity index (χ2v) is 3.76. The predicted molar refractivity (Wildman–Crippen MR) is 67.3 cm³/mol. The molecule has 86 valence electrons. The van der Waals surface area contributed by atoms with Crippen molar-refractivity contribution in [2.75, 3.05) is 13.2 Å². The summed E-state index contributed by atoms with van der Waals surface area (Å²) in [5, 5.41) is 0. The van der Waals surface area contributed by atoms with Crippen molar-refractivity contribution in [1.82, 2.24) is 0 Å². The normalized spacial score (nSPS) is 9.67. The lowest BCUT2D eigenvalue weighted by Gasteiger charge is -2.01. The summed E-state index contributed by atoms with van der Waals surface area (Å²) in [6.07, 6.45) is 1.13. The summed E-state index contributed by atoms with van der Waals surface area (Å²) < 4.78 is 4.98. The van der Waals surface area contributed by atoms with Crippen LogP contribution >= 0.6 is 0 Å². The van der Waals surface area contributed by atoms with Crippen molar-refractivity contribution < 1.29 is 4.74 Å². The van der Waals surface area contributed by atoms with Gasteiger partial charge in [-0.05, 0) is 24.8 Å². The van der Waals surface area contributed by atoms with Gasteiger partial charge in [-0.3, -0.25) is 0 Å². The first kappa shape index (κ1) is 14.2. The van der Waals surface area contributed by atoms with Crippen molar-refractivity contribution in [3.63, 3.8) is 0 Å². The lowest BCUT2D eigenvalue weighted by molar-refractivity contribution is 0.148. The highest BCUT2D eigenvalue weighted by Crippen LogP contribution is 2.11. The molecule has 1 rings (SSSR count). The molecule has 0 aliphatic heterocycles. The third kappa shape index (κ3) is 8.19. The van der Waals surface area contributed by atoms with Gasteiger partial charge in [0.15, 0.2) is 0 Å². The Morgan fingerprint density at radius 1 is 1.07 bits per heavy atom. The van der Waals surface area contributed by atoms with Gasteiger partial charge in [-0.1, -0.05) is 51.1 Å². The second-order valence-electron chi connectivity index (χ2n) is 3.76. The summed E-state index contributed by atoms with van der Waals surface area (Å²) >= 11 is 0. The van der Waals surface area contributed by atoms with Crippen LogP contribution in [0.25, 0.3) is 0 Å². The fourth-order valence-electron chi connectivity index (χ4n) is 1.13. The predicted octanol–water partition coefficient (Wildman–Crippen LogP) is 4.24. The summed E-state index contributed by atoms with van der Waals surface area (Å²) in [5.41, 5.74) is 1.41. The standard InChI is InChI=1S/C9H12.C5H12O/c1-8(2)9-6-4-3-5-7-9;1-3-5-6-4-2/h3-8H,1-2H3;3-5H2,1-2H3. The van der Waals surface area contributed by atoms with E-state index in [1.165, 1.54) is 5.56 Å². The zero-order chi connectivity index (χ0) is 11.5. The zero-order valence-corrected chi connectivity index (χ0v) is 10.5. The number of hydrogen-bond donors (Lipinski definition) is 0. The molecule has 15 heavy (non-hydrogen) atoms. The summed E-state index contributed by atoms with van der Waals surface area (Å²) in [6.45, 7) is 10.3. The van der Waals surface area contributed by atoms with Gasteiger partial charge in [-0.15, -0.1) is 0 Å². The minimum atomic E-state index is 0.659. The molecule has 0 saturated carbocycles. The Kier molecular flexibility index (Phi) is 9.19. The molecule has 1 aromatic carbocycles. The van der Waals surface area contributed by atoms with E-state index >= 15 is 0 Å². The van der Waals surface area contributed by atoms with Gasteiger partial charge in [0.25, 0.3) is 0 Å². The maximum Gasteiger partial charge on any atom is 0.0463 e. The average Bonchev–Trinajstić information content (AvgIpc) is 2.28. The first-order valence-corrected chi connectivity index (χ1v) is 5.85. The van der Waals surface area contributed by atoms with Crippen LogP contribution in [0.15, 0.2) is 30.3 Å². The molecule has 0 fully saturated rings. The second kappa shape index (κ2) is 9.72. The molecule has 1 aromatic rings. The maximum absolute atomic E-state index is 4.98. The van der Waals surface area contributed by atoms with Gasteiger partial charge in [-0.2, -0.15) is 0 Å². The van der Waals surface area contributed by atoms with E-state index in [1.807, 2.05) is 13.0 Å². The fraction of sp³-hybridized carbons (Fsp3) is 0.571. The topological polar surface area (TPSA) is 9.23 Å². The van der Waals surface area contributed by atoms with Crippen LogP contribution in [0.1, 0.15) is 45.6 Å². The maximum atomic E-state index is 4.98. The van der Waals surface area contributed by atoms with E-state index in [2.05, 4.69) is 45.0 Å². The Morgan fingerprint density at radius 3 is 1.93 bits per heavy atom. The molecule has 0 bridgehead atoms. The summed E-state index contributed by atoms with van der Waals surface area (Å²) in [4.78, 5) is 0. The van der Waals surface area contributed by atoms with Gasteiger partial charge < -0.3 is 4.74 Å². The molecule has 0 aliphatic rings. The van der Waals surface area contributed by atoms with Gasteiger partial charge in [0.2, 0.25) is 0 Å². The van der Waals surface area contributed by atoms with Crippen LogP contribution < -0.4 is 0 Å². The lowest BCUT2D eigenvalue weighted by Crippen LogP contribution is -1.88. The van der Waals surface area contributed by atoms with Crippen LogP contribution in [0.3, 0.4) is 0 Å². The van der Waals surface area contributed by atoms with E-state index in [1.54, 1.807) is 0 Å². The van der Waals surface area contributed by atoms with E-state index in [4.69, 9.17) is 4.74 Å². The van der Waals surface area contributed by atoms with Crippen molar-refractivity contribution in [2.24, 2.45) is 0 Å². The largest absolute Gasteiger partial charge is 0.382 e. The molecule has 0 heterocycles. The van der Waals surface area contributed by atoms with Crippen LogP contribution in [0.4, 0.5) is 0 Å². The minimum absolute atomic E-state index is 0.659. The first-order chi connectivity index (χ1) is 7.22. The van der Waals surface area contributed by atoms with Crippen molar-refractivity contribution in [1.29, 1.82) is 0 Å². The highest BCUT2D eigenvalue weighted by Gasteiger charge is 1.93. The van der Waals surface area contributed by atoms with Crippen LogP contribution in [0, 0.1) is 0 Å². The quantitative estimate of drug-likeness (QED) is 0.672. The van der Waals surface area contributed by atoms with Crippen molar-refractivity contribution >= 4 is 0 Å². The zero-order valence-electron chi connectivity index (χ0n) is 10.5. The molecule has 0 saturated heterocycles. The Bertz CT molecular complexity index is 212. The van der Waals surface area contributed by atoms with Crippen molar-refractivity contribution in [3.8, 4) is 0 Å². The van der Waals surface area contributed by atoms with Gasteiger partial charge in [0, 0.05) is 13.2 Å². The molecule has 0 aromatic heterocycles. The molecule has 0 atom stereocenters. The molecule has 0 aliphatic carbocycles. The fourth-order valence-corrected chi connectivity index (χ4v) is 1.13. The number of rotatable bonds is 4. The van der Waals surface area contributed by atoms with E-state index in [0.29, 0.717) is 5.92 Å². The van der Waals surface area contributed by atoms with Crippen LogP contribution in [-0.2, 0) is 4.74 Å². The Hall–Kier alpha value is -0.820. The Balaban J connectivity index is 0.000000288. The molecular formula is C14H24O. The van der Waals surface area contributed by atoms with E-state index < -0.39 is 0 Å². The smallest absolute Gasteiger partial charge is 0.0463 e. The molecule has 0 N–H and O–H groups in total. The SMILES string of the molecule is CC(C)c1ccccc1.CCCOCC. The van der Waals surface area contributed by atoms with E-state index in [-0.39, 0.29) is 0 Å². The number of ether oxygens (including phenoxy) is 1. The van der Waals surface area contributed by atoms with Crippen LogP contribution in [0.5, 0.6) is 0 Å². The number of hydrogen-bond acceptors (Lipinski definition) is 1. The molecule has 0 spiro atoms. The van der Waals surface area contributed by atoms with Crippen LogP contribution in [-0.4, -0.2) is 13.2 Å². The third-order valence-corrected chi connectivity index (χ3v) is 2.02. The lowest BCUT2D eigenvalue weighted by atomic mass is 10.0. The third-order valence-electron chi connectivity index (χ3n) is 2.02. The highest BCUT2D eigenvalue weighted by atomic mass is 16.5.